The second-order valence-electron chi connectivity index (χ2n) is 2.98. The fraction of sp³-hybridized carbons (Fsp3) is 0.833. The number of amides is 1. The van der Waals surface area contributed by atoms with Crippen LogP contribution in [0.25, 0.3) is 0 Å². The lowest BCUT2D eigenvalue weighted by Gasteiger charge is -2.32. The Morgan fingerprint density at radius 2 is 2.54 bits per heavy atom. The third-order valence-corrected chi connectivity index (χ3v) is 3.54. The molecule has 0 bridgehead atoms. The van der Waals surface area contributed by atoms with Gasteiger partial charge in [0, 0.05) is 11.8 Å². The van der Waals surface area contributed by atoms with Crippen LogP contribution in [-0.4, -0.2) is 39.7 Å². The summed E-state index contributed by atoms with van der Waals surface area (Å²) < 4.78 is 0. The molecule has 6 nitrogen and oxygen atoms in total. The number of β-lactam (4-membered cyclic amide) rings is 1. The van der Waals surface area contributed by atoms with Gasteiger partial charge in [0.2, 0.25) is 5.91 Å². The fourth-order valence-corrected chi connectivity index (χ4v) is 2.91. The monoisotopic (exact) mass is 204 g/mol. The van der Waals surface area contributed by atoms with Crippen LogP contribution in [0.1, 0.15) is 6.42 Å². The van der Waals surface area contributed by atoms with Crippen LogP contribution in [-0.2, 0) is 9.63 Å². The Bertz CT molecular complexity index is 259. The van der Waals surface area contributed by atoms with Crippen molar-refractivity contribution in [1.82, 2.24) is 4.90 Å². The Balaban J connectivity index is 1.78. The Hall–Kier alpha value is -0.980. The van der Waals surface area contributed by atoms with Gasteiger partial charge in [-0.3, -0.25) is 4.79 Å². The number of hydrogen-bond acceptors (Lipinski definition) is 5. The molecule has 0 unspecified atom stereocenters. The first-order valence-corrected chi connectivity index (χ1v) is 4.83. The van der Waals surface area contributed by atoms with Gasteiger partial charge in [0.25, 0.3) is 5.09 Å². The van der Waals surface area contributed by atoms with Gasteiger partial charge in [-0.1, -0.05) is 0 Å². The van der Waals surface area contributed by atoms with Gasteiger partial charge >= 0.3 is 0 Å². The Kier molecular flexibility index (Phi) is 2.03. The van der Waals surface area contributed by atoms with Crippen LogP contribution < -0.4 is 0 Å². The third kappa shape index (κ3) is 1.55. The predicted octanol–water partition coefficient (Wildman–Crippen LogP) is -0.131. The van der Waals surface area contributed by atoms with Gasteiger partial charge in [-0.25, -0.2) is 0 Å². The highest BCUT2D eigenvalue weighted by atomic mass is 32.2. The van der Waals surface area contributed by atoms with Crippen molar-refractivity contribution in [3.63, 3.8) is 0 Å². The minimum Gasteiger partial charge on any atom is -0.329 e. The number of carbonyl (C=O) groups excluding carboxylic acids is 1. The molecule has 2 rings (SSSR count). The number of fused-ring (bicyclic) bond motifs is 1. The molecule has 0 radical (unpaired) electrons. The number of nitrogens with zero attached hydrogens (tertiary/aromatic N) is 2. The molecule has 0 spiro atoms. The molecular formula is C6H8N2O4S. The fourth-order valence-electron chi connectivity index (χ4n) is 1.49. The van der Waals surface area contributed by atoms with Gasteiger partial charge in [0.05, 0.1) is 11.8 Å². The third-order valence-electron chi connectivity index (χ3n) is 2.13. The molecule has 13 heavy (non-hydrogen) atoms. The molecule has 72 valence electrons. The van der Waals surface area contributed by atoms with Gasteiger partial charge in [0.15, 0.2) is 0 Å². The van der Waals surface area contributed by atoms with Gasteiger partial charge in [-0.15, -0.1) is 21.9 Å². The molecule has 2 aliphatic heterocycles. The summed E-state index contributed by atoms with van der Waals surface area (Å²) >= 11 is 1.58. The quantitative estimate of drug-likeness (QED) is 0.363. The van der Waals surface area contributed by atoms with Crippen LogP contribution in [0.15, 0.2) is 0 Å². The van der Waals surface area contributed by atoms with Crippen molar-refractivity contribution in [2.75, 3.05) is 13.2 Å². The van der Waals surface area contributed by atoms with Crippen molar-refractivity contribution in [1.29, 1.82) is 0 Å². The van der Waals surface area contributed by atoms with Crippen LogP contribution in [0.4, 0.5) is 0 Å². The summed E-state index contributed by atoms with van der Waals surface area (Å²) in [4.78, 5) is 26.8. The maximum Gasteiger partial charge on any atom is 0.294 e. The molecule has 7 heteroatoms. The molecule has 0 aromatic rings. The molecule has 0 aromatic heterocycles. The van der Waals surface area contributed by atoms with Crippen molar-refractivity contribution in [3.05, 3.63) is 10.1 Å². The Morgan fingerprint density at radius 3 is 3.08 bits per heavy atom. The first-order chi connectivity index (χ1) is 6.16. The Morgan fingerprint density at radius 1 is 1.77 bits per heavy atom. The number of carbonyl (C=O) groups is 1. The second-order valence-corrected chi connectivity index (χ2v) is 4.47. The molecule has 0 aliphatic carbocycles. The minimum atomic E-state index is -0.794. The van der Waals surface area contributed by atoms with E-state index in [0.29, 0.717) is 13.0 Å². The van der Waals surface area contributed by atoms with Crippen molar-refractivity contribution >= 4 is 17.7 Å². The van der Waals surface area contributed by atoms with Crippen molar-refractivity contribution in [2.24, 2.45) is 0 Å². The zero-order valence-electron chi connectivity index (χ0n) is 6.71. The summed E-state index contributed by atoms with van der Waals surface area (Å²) in [7, 11) is 0. The van der Waals surface area contributed by atoms with E-state index in [1.54, 1.807) is 16.7 Å². The summed E-state index contributed by atoms with van der Waals surface area (Å²) in [5.74, 6) is 0.140. The van der Waals surface area contributed by atoms with E-state index < -0.39 is 5.09 Å². The lowest BCUT2D eigenvalue weighted by molar-refractivity contribution is -0.757. The summed E-state index contributed by atoms with van der Waals surface area (Å²) in [6.07, 6.45) is 0.569. The molecule has 2 saturated heterocycles. The first-order valence-electron chi connectivity index (χ1n) is 3.89. The smallest absolute Gasteiger partial charge is 0.294 e. The van der Waals surface area contributed by atoms with Crippen LogP contribution >= 0.6 is 11.8 Å². The van der Waals surface area contributed by atoms with Gasteiger partial charge < -0.3 is 9.74 Å². The largest absolute Gasteiger partial charge is 0.329 e. The SMILES string of the molecule is O=C1C[C@@H]2S[C@H](CO[N+](=O)[O-])CN12. The highest BCUT2D eigenvalue weighted by Gasteiger charge is 2.44. The van der Waals surface area contributed by atoms with Crippen molar-refractivity contribution < 1.29 is 14.7 Å². The van der Waals surface area contributed by atoms with Crippen LogP contribution in [0.5, 0.6) is 0 Å². The van der Waals surface area contributed by atoms with Crippen molar-refractivity contribution in [3.8, 4) is 0 Å². The lowest BCUT2D eigenvalue weighted by atomic mass is 10.2. The number of thioether (sulfide) groups is 1. The summed E-state index contributed by atoms with van der Waals surface area (Å²) in [5, 5.41) is 9.40. The summed E-state index contributed by atoms with van der Waals surface area (Å²) in [6.45, 7) is 0.667. The maximum atomic E-state index is 10.9. The van der Waals surface area contributed by atoms with E-state index in [2.05, 4.69) is 4.84 Å². The van der Waals surface area contributed by atoms with Gasteiger partial charge in [-0.2, -0.15) is 0 Å². The van der Waals surface area contributed by atoms with Crippen LogP contribution in [0.3, 0.4) is 0 Å². The Labute approximate surface area is 78.3 Å². The second kappa shape index (κ2) is 3.06. The van der Waals surface area contributed by atoms with Gasteiger partial charge in [0.1, 0.15) is 6.61 Å². The standard InChI is InChI=1S/C6H8N2O4S/c9-5-1-6-7(5)2-4(13-6)3-12-8(10)11/h4,6H,1-3H2/t4-,6-/m0/s1. The van der Waals surface area contributed by atoms with Crippen LogP contribution in [0, 0.1) is 10.1 Å². The van der Waals surface area contributed by atoms with Crippen molar-refractivity contribution in [2.45, 2.75) is 17.0 Å². The van der Waals surface area contributed by atoms with E-state index in [0.717, 1.165) is 0 Å². The van der Waals surface area contributed by atoms with E-state index in [-0.39, 0.29) is 23.1 Å². The van der Waals surface area contributed by atoms with E-state index in [1.165, 1.54) is 0 Å². The zero-order chi connectivity index (χ0) is 9.42. The topological polar surface area (TPSA) is 72.7 Å². The van der Waals surface area contributed by atoms with E-state index in [1.807, 2.05) is 0 Å². The molecule has 0 saturated carbocycles. The zero-order valence-corrected chi connectivity index (χ0v) is 7.53. The molecule has 1 amide bonds. The van der Waals surface area contributed by atoms with E-state index in [9.17, 15) is 14.9 Å². The molecule has 0 aromatic carbocycles. The predicted molar refractivity (Wildman–Crippen MR) is 44.4 cm³/mol. The molecular weight excluding hydrogens is 196 g/mol. The van der Waals surface area contributed by atoms with Gasteiger partial charge in [-0.05, 0) is 0 Å². The molecule has 2 aliphatic rings. The molecule has 2 heterocycles. The molecule has 2 fully saturated rings. The first kappa shape index (κ1) is 8.61. The average molecular weight is 204 g/mol. The molecule has 2 atom stereocenters. The van der Waals surface area contributed by atoms with E-state index >= 15 is 0 Å². The van der Waals surface area contributed by atoms with E-state index in [4.69, 9.17) is 0 Å². The highest BCUT2D eigenvalue weighted by molar-refractivity contribution is 8.00. The minimum absolute atomic E-state index is 0.0573. The van der Waals surface area contributed by atoms with Crippen LogP contribution in [0.2, 0.25) is 0 Å². The summed E-state index contributed by atoms with van der Waals surface area (Å²) in [5.41, 5.74) is 0. The molecule has 0 N–H and O–H groups in total. The summed E-state index contributed by atoms with van der Waals surface area (Å²) in [6, 6.07) is 0. The maximum absolute atomic E-state index is 10.9. The number of rotatable bonds is 3. The average Bonchev–Trinajstić information content (AvgIpc) is 2.39. The number of hydrogen-bond donors (Lipinski definition) is 0. The lowest BCUT2D eigenvalue weighted by Crippen LogP contribution is -2.47. The normalized spacial score (nSPS) is 31.1. The highest BCUT2D eigenvalue weighted by Crippen LogP contribution is 2.39.